The standard InChI is InChI=1S/C19H17Cl2N3O2S/c1-10(2)8-15-16(11-5-6-12(20)13(21)9-11)24-19(27-15)23-14-4-3-7-22-17(14)18(25)26/h3-7,9-10H,8H2,1-2H3,(H,23,24)(H,25,26). The lowest BCUT2D eigenvalue weighted by molar-refractivity contribution is 0.0691. The van der Waals surface area contributed by atoms with Crippen LogP contribution in [0.3, 0.4) is 0 Å². The molecule has 0 aliphatic heterocycles. The van der Waals surface area contributed by atoms with E-state index in [-0.39, 0.29) is 5.69 Å². The number of thiazole rings is 1. The average Bonchev–Trinajstić information content (AvgIpc) is 2.99. The minimum atomic E-state index is -1.10. The molecule has 2 aromatic heterocycles. The lowest BCUT2D eigenvalue weighted by Gasteiger charge is -2.06. The number of benzene rings is 1. The van der Waals surface area contributed by atoms with Gasteiger partial charge in [0.15, 0.2) is 10.8 Å². The summed E-state index contributed by atoms with van der Waals surface area (Å²) in [4.78, 5) is 21.1. The average molecular weight is 422 g/mol. The zero-order chi connectivity index (χ0) is 19.6. The van der Waals surface area contributed by atoms with Crippen molar-refractivity contribution in [3.05, 3.63) is 57.1 Å². The highest BCUT2D eigenvalue weighted by atomic mass is 35.5. The zero-order valence-corrected chi connectivity index (χ0v) is 17.0. The van der Waals surface area contributed by atoms with Crippen LogP contribution in [0.25, 0.3) is 11.3 Å². The first-order valence-electron chi connectivity index (χ1n) is 8.25. The summed E-state index contributed by atoms with van der Waals surface area (Å²) in [6.07, 6.45) is 2.29. The highest BCUT2D eigenvalue weighted by Crippen LogP contribution is 2.36. The molecular weight excluding hydrogens is 405 g/mol. The molecule has 5 nitrogen and oxygen atoms in total. The van der Waals surface area contributed by atoms with Gasteiger partial charge in [-0.3, -0.25) is 0 Å². The summed E-state index contributed by atoms with van der Waals surface area (Å²) in [7, 11) is 0. The number of carboxylic acids is 1. The van der Waals surface area contributed by atoms with E-state index in [4.69, 9.17) is 23.2 Å². The third-order valence-electron chi connectivity index (χ3n) is 3.74. The van der Waals surface area contributed by atoms with Crippen LogP contribution in [0.5, 0.6) is 0 Å². The van der Waals surface area contributed by atoms with Gasteiger partial charge in [0.05, 0.1) is 21.4 Å². The number of rotatable bonds is 6. The Morgan fingerprint density at radius 1 is 1.26 bits per heavy atom. The first-order valence-corrected chi connectivity index (χ1v) is 9.83. The SMILES string of the molecule is CC(C)Cc1sc(Nc2cccnc2C(=O)O)nc1-c1ccc(Cl)c(Cl)c1. The number of nitrogens with one attached hydrogen (secondary N) is 1. The summed E-state index contributed by atoms with van der Waals surface area (Å²) in [5, 5.41) is 14.0. The minimum Gasteiger partial charge on any atom is -0.476 e. The zero-order valence-electron chi connectivity index (χ0n) is 14.7. The van der Waals surface area contributed by atoms with E-state index in [0.29, 0.717) is 26.8 Å². The third-order valence-corrected chi connectivity index (χ3v) is 5.47. The van der Waals surface area contributed by atoms with Crippen LogP contribution < -0.4 is 5.32 Å². The first-order chi connectivity index (χ1) is 12.8. The van der Waals surface area contributed by atoms with E-state index in [9.17, 15) is 9.90 Å². The van der Waals surface area contributed by atoms with Crippen molar-refractivity contribution in [2.45, 2.75) is 20.3 Å². The van der Waals surface area contributed by atoms with Crippen molar-refractivity contribution in [1.29, 1.82) is 0 Å². The van der Waals surface area contributed by atoms with Crippen LogP contribution in [-0.2, 0) is 6.42 Å². The van der Waals surface area contributed by atoms with E-state index in [1.54, 1.807) is 24.3 Å². The van der Waals surface area contributed by atoms with Crippen LogP contribution >= 0.6 is 34.5 Å². The van der Waals surface area contributed by atoms with Crippen molar-refractivity contribution >= 4 is 51.3 Å². The van der Waals surface area contributed by atoms with Gasteiger partial charge in [0, 0.05) is 16.6 Å². The number of halogens is 2. The highest BCUT2D eigenvalue weighted by Gasteiger charge is 2.18. The second-order valence-corrected chi connectivity index (χ2v) is 8.25. The van der Waals surface area contributed by atoms with E-state index < -0.39 is 5.97 Å². The van der Waals surface area contributed by atoms with Crippen molar-refractivity contribution in [1.82, 2.24) is 9.97 Å². The van der Waals surface area contributed by atoms with E-state index >= 15 is 0 Å². The Morgan fingerprint density at radius 2 is 2.04 bits per heavy atom. The molecule has 0 amide bonds. The van der Waals surface area contributed by atoms with Crippen LogP contribution in [0.4, 0.5) is 10.8 Å². The van der Waals surface area contributed by atoms with Gasteiger partial charge in [-0.1, -0.05) is 43.1 Å². The minimum absolute atomic E-state index is 0.0470. The van der Waals surface area contributed by atoms with Gasteiger partial charge in [-0.05, 0) is 36.6 Å². The number of pyridine rings is 1. The molecule has 0 aliphatic rings. The van der Waals surface area contributed by atoms with E-state index in [2.05, 4.69) is 29.1 Å². The van der Waals surface area contributed by atoms with Crippen molar-refractivity contribution in [3.63, 3.8) is 0 Å². The van der Waals surface area contributed by atoms with Gasteiger partial charge in [0.1, 0.15) is 0 Å². The fraction of sp³-hybridized carbons (Fsp3) is 0.211. The quantitative estimate of drug-likeness (QED) is 0.498. The Bertz CT molecular complexity index is 989. The molecule has 27 heavy (non-hydrogen) atoms. The van der Waals surface area contributed by atoms with Crippen LogP contribution in [0.1, 0.15) is 29.2 Å². The summed E-state index contributed by atoms with van der Waals surface area (Å²) < 4.78 is 0. The molecule has 3 aromatic rings. The normalized spacial score (nSPS) is 11.0. The van der Waals surface area contributed by atoms with Crippen molar-refractivity contribution in [3.8, 4) is 11.3 Å². The number of hydrogen-bond donors (Lipinski definition) is 2. The number of anilines is 2. The number of carbonyl (C=O) groups is 1. The van der Waals surface area contributed by atoms with Gasteiger partial charge in [-0.25, -0.2) is 14.8 Å². The molecule has 0 bridgehead atoms. The molecule has 0 spiro atoms. The van der Waals surface area contributed by atoms with Gasteiger partial charge >= 0.3 is 5.97 Å². The highest BCUT2D eigenvalue weighted by molar-refractivity contribution is 7.16. The third kappa shape index (κ3) is 4.58. The summed E-state index contributed by atoms with van der Waals surface area (Å²) in [5.41, 5.74) is 2.04. The van der Waals surface area contributed by atoms with E-state index in [1.165, 1.54) is 17.5 Å². The predicted molar refractivity (Wildman–Crippen MR) is 111 cm³/mol. The molecule has 1 aromatic carbocycles. The lowest BCUT2D eigenvalue weighted by Crippen LogP contribution is -2.04. The second kappa shape index (κ2) is 8.25. The summed E-state index contributed by atoms with van der Waals surface area (Å²) in [5.74, 6) is -0.658. The molecule has 2 heterocycles. The number of aromatic carboxylic acids is 1. The van der Waals surface area contributed by atoms with Crippen LogP contribution in [-0.4, -0.2) is 21.0 Å². The molecule has 3 rings (SSSR count). The van der Waals surface area contributed by atoms with Gasteiger partial charge in [0.2, 0.25) is 0 Å². The van der Waals surface area contributed by atoms with Gasteiger partial charge < -0.3 is 10.4 Å². The molecule has 0 aliphatic carbocycles. The molecule has 0 atom stereocenters. The molecule has 8 heteroatoms. The van der Waals surface area contributed by atoms with Gasteiger partial charge in [-0.2, -0.15) is 0 Å². The van der Waals surface area contributed by atoms with Gasteiger partial charge in [0.25, 0.3) is 0 Å². The Morgan fingerprint density at radius 3 is 2.70 bits per heavy atom. The second-order valence-electron chi connectivity index (χ2n) is 6.35. The summed E-state index contributed by atoms with van der Waals surface area (Å²) in [6.45, 7) is 4.27. The van der Waals surface area contributed by atoms with Crippen LogP contribution in [0, 0.1) is 5.92 Å². The Kier molecular flexibility index (Phi) is 5.99. The maximum absolute atomic E-state index is 11.4. The molecule has 140 valence electrons. The molecule has 0 radical (unpaired) electrons. The number of hydrogen-bond acceptors (Lipinski definition) is 5. The Hall–Kier alpha value is -2.15. The van der Waals surface area contributed by atoms with Gasteiger partial charge in [-0.15, -0.1) is 11.3 Å². The monoisotopic (exact) mass is 421 g/mol. The molecule has 2 N–H and O–H groups in total. The molecule has 0 fully saturated rings. The number of nitrogens with zero attached hydrogens (tertiary/aromatic N) is 2. The maximum Gasteiger partial charge on any atom is 0.356 e. The summed E-state index contributed by atoms with van der Waals surface area (Å²) in [6, 6.07) is 8.76. The van der Waals surface area contributed by atoms with E-state index in [1.807, 2.05) is 6.07 Å². The lowest BCUT2D eigenvalue weighted by atomic mass is 10.0. The maximum atomic E-state index is 11.4. The van der Waals surface area contributed by atoms with Crippen molar-refractivity contribution in [2.24, 2.45) is 5.92 Å². The topological polar surface area (TPSA) is 75.1 Å². The number of aromatic nitrogens is 2. The molecule has 0 saturated carbocycles. The van der Waals surface area contributed by atoms with Crippen LogP contribution in [0.2, 0.25) is 10.0 Å². The predicted octanol–water partition coefficient (Wildman–Crippen LogP) is 6.15. The summed E-state index contributed by atoms with van der Waals surface area (Å²) >= 11 is 13.7. The fourth-order valence-corrected chi connectivity index (χ4v) is 4.08. The van der Waals surface area contributed by atoms with Crippen molar-refractivity contribution < 1.29 is 9.90 Å². The fourth-order valence-electron chi connectivity index (χ4n) is 2.58. The Labute approximate surface area is 171 Å². The first kappa shape index (κ1) is 19.6. The van der Waals surface area contributed by atoms with Crippen molar-refractivity contribution in [2.75, 3.05) is 5.32 Å². The molecule has 0 saturated heterocycles. The smallest absolute Gasteiger partial charge is 0.356 e. The largest absolute Gasteiger partial charge is 0.476 e. The van der Waals surface area contributed by atoms with E-state index in [0.717, 1.165) is 22.6 Å². The Balaban J connectivity index is 2.02. The number of carboxylic acid groups (broad SMARTS) is 1. The molecule has 0 unspecified atom stereocenters. The molecular formula is C19H17Cl2N3O2S. The van der Waals surface area contributed by atoms with Crippen LogP contribution in [0.15, 0.2) is 36.5 Å².